The summed E-state index contributed by atoms with van der Waals surface area (Å²) in [4.78, 5) is 6.67. The van der Waals surface area contributed by atoms with Crippen LogP contribution in [0.4, 0.5) is 5.69 Å². The van der Waals surface area contributed by atoms with Crippen molar-refractivity contribution in [2.24, 2.45) is 0 Å². The van der Waals surface area contributed by atoms with Crippen LogP contribution in [0.3, 0.4) is 0 Å². The fourth-order valence-electron chi connectivity index (χ4n) is 3.92. The molecule has 0 spiro atoms. The van der Waals surface area contributed by atoms with Gasteiger partial charge in [0.05, 0.1) is 11.7 Å². The highest BCUT2D eigenvalue weighted by Crippen LogP contribution is 2.43. The second-order valence-electron chi connectivity index (χ2n) is 7.50. The monoisotopic (exact) mass is 445 g/mol. The van der Waals surface area contributed by atoms with Gasteiger partial charge >= 0.3 is 0 Å². The van der Waals surface area contributed by atoms with Crippen molar-refractivity contribution < 1.29 is 4.42 Å². The third kappa shape index (κ3) is 3.71. The summed E-state index contributed by atoms with van der Waals surface area (Å²) in [5.41, 5.74) is 3.88. The Kier molecular flexibility index (Phi) is 5.22. The fourth-order valence-corrected chi connectivity index (χ4v) is 4.45. The fraction of sp³-hybridized carbons (Fsp3) is 0.120. The molecule has 3 heterocycles. The quantitative estimate of drug-likeness (QED) is 0.364. The molecule has 154 valence electrons. The van der Waals surface area contributed by atoms with E-state index in [4.69, 9.17) is 28.2 Å². The van der Waals surface area contributed by atoms with E-state index in [1.807, 2.05) is 85.8 Å². The number of rotatable bonds is 4. The normalized spacial score (nSPS) is 18.3. The molecule has 6 heteroatoms. The predicted octanol–water partition coefficient (Wildman–Crippen LogP) is 6.48. The van der Waals surface area contributed by atoms with Crippen molar-refractivity contribution in [3.05, 3.63) is 107 Å². The first kappa shape index (κ1) is 19.8. The Balaban J connectivity index is 1.59. The lowest BCUT2D eigenvalue weighted by atomic mass is 10.0. The average molecular weight is 446 g/mol. The van der Waals surface area contributed by atoms with Gasteiger partial charge in [-0.05, 0) is 67.2 Å². The number of pyridine rings is 1. The number of nitrogens with zero attached hydrogens (tertiary/aromatic N) is 2. The first-order valence-electron chi connectivity index (χ1n) is 10.0. The number of para-hydroxylation sites is 1. The van der Waals surface area contributed by atoms with Crippen LogP contribution in [0, 0.1) is 6.92 Å². The van der Waals surface area contributed by atoms with Gasteiger partial charge in [-0.3, -0.25) is 4.98 Å². The zero-order valence-electron chi connectivity index (χ0n) is 16.8. The number of anilines is 1. The van der Waals surface area contributed by atoms with Crippen LogP contribution in [-0.4, -0.2) is 10.1 Å². The molecule has 0 aliphatic carbocycles. The smallest absolute Gasteiger partial charge is 0.174 e. The van der Waals surface area contributed by atoms with E-state index in [1.165, 1.54) is 0 Å². The van der Waals surface area contributed by atoms with Crippen molar-refractivity contribution in [1.29, 1.82) is 0 Å². The van der Waals surface area contributed by atoms with E-state index in [9.17, 15) is 0 Å². The molecule has 0 saturated carbocycles. The summed E-state index contributed by atoms with van der Waals surface area (Å²) < 4.78 is 6.37. The molecular formula is C25H20ClN3OS. The minimum absolute atomic E-state index is 0.144. The summed E-state index contributed by atoms with van der Waals surface area (Å²) in [7, 11) is 0. The summed E-state index contributed by atoms with van der Waals surface area (Å²) in [6.45, 7) is 1.99. The third-order valence-electron chi connectivity index (χ3n) is 5.51. The molecule has 2 aromatic carbocycles. The number of hydrogen-bond acceptors (Lipinski definition) is 3. The van der Waals surface area contributed by atoms with Gasteiger partial charge in [-0.2, -0.15) is 0 Å². The van der Waals surface area contributed by atoms with Crippen molar-refractivity contribution >= 4 is 34.6 Å². The summed E-state index contributed by atoms with van der Waals surface area (Å²) in [6.07, 6.45) is 1.80. The predicted molar refractivity (Wildman–Crippen MR) is 128 cm³/mol. The largest absolute Gasteiger partial charge is 0.459 e. The van der Waals surface area contributed by atoms with Crippen molar-refractivity contribution in [2.45, 2.75) is 19.0 Å². The summed E-state index contributed by atoms with van der Waals surface area (Å²) in [5.74, 6) is 1.57. The van der Waals surface area contributed by atoms with Crippen LogP contribution >= 0.6 is 23.8 Å². The molecule has 4 aromatic rings. The maximum Gasteiger partial charge on any atom is 0.174 e. The molecule has 1 fully saturated rings. The van der Waals surface area contributed by atoms with E-state index < -0.39 is 0 Å². The van der Waals surface area contributed by atoms with Crippen molar-refractivity contribution in [2.75, 3.05) is 4.90 Å². The Labute approximate surface area is 191 Å². The first-order valence-corrected chi connectivity index (χ1v) is 10.8. The zero-order valence-corrected chi connectivity index (χ0v) is 18.4. The summed E-state index contributed by atoms with van der Waals surface area (Å²) in [5, 5.41) is 4.81. The van der Waals surface area contributed by atoms with Crippen LogP contribution in [0.5, 0.6) is 0 Å². The number of aromatic nitrogens is 1. The maximum absolute atomic E-state index is 6.37. The molecule has 31 heavy (non-hydrogen) atoms. The SMILES string of the molecule is Cc1ccc(-c2ccc([C@@H]3[C@H](c4ccccn4)NC(=S)N3c3ccccc3)o2)cc1Cl. The van der Waals surface area contributed by atoms with E-state index in [-0.39, 0.29) is 12.1 Å². The van der Waals surface area contributed by atoms with Crippen molar-refractivity contribution in [3.63, 3.8) is 0 Å². The van der Waals surface area contributed by atoms with E-state index in [2.05, 4.69) is 15.2 Å². The number of benzene rings is 2. The average Bonchev–Trinajstić information content (AvgIpc) is 3.41. The van der Waals surface area contributed by atoms with E-state index in [1.54, 1.807) is 6.20 Å². The molecule has 0 unspecified atom stereocenters. The topological polar surface area (TPSA) is 41.3 Å². The van der Waals surface area contributed by atoms with Gasteiger partial charge in [-0.1, -0.05) is 48.0 Å². The molecular weight excluding hydrogens is 426 g/mol. The highest BCUT2D eigenvalue weighted by molar-refractivity contribution is 7.80. The number of aryl methyl sites for hydroxylation is 1. The molecule has 2 atom stereocenters. The highest BCUT2D eigenvalue weighted by atomic mass is 35.5. The molecule has 0 bridgehead atoms. The van der Waals surface area contributed by atoms with Gasteiger partial charge in [0.2, 0.25) is 0 Å². The minimum Gasteiger partial charge on any atom is -0.459 e. The van der Waals surface area contributed by atoms with Gasteiger partial charge in [0.15, 0.2) is 5.11 Å². The van der Waals surface area contributed by atoms with Crippen molar-refractivity contribution in [3.8, 4) is 11.3 Å². The Morgan fingerprint density at radius 2 is 1.81 bits per heavy atom. The van der Waals surface area contributed by atoms with E-state index in [0.717, 1.165) is 39.1 Å². The van der Waals surface area contributed by atoms with Gasteiger partial charge in [0, 0.05) is 22.5 Å². The molecule has 1 aliphatic rings. The van der Waals surface area contributed by atoms with E-state index >= 15 is 0 Å². The first-order chi connectivity index (χ1) is 15.1. The summed E-state index contributed by atoms with van der Waals surface area (Å²) in [6, 6.07) is 25.6. The lowest BCUT2D eigenvalue weighted by Gasteiger charge is -2.26. The van der Waals surface area contributed by atoms with Gasteiger partial charge in [-0.25, -0.2) is 0 Å². The molecule has 4 nitrogen and oxygen atoms in total. The Morgan fingerprint density at radius 1 is 1.00 bits per heavy atom. The number of thiocarbonyl (C=S) groups is 1. The molecule has 0 amide bonds. The molecule has 1 N–H and O–H groups in total. The maximum atomic E-state index is 6.37. The second kappa shape index (κ2) is 8.17. The van der Waals surface area contributed by atoms with Crippen LogP contribution in [-0.2, 0) is 0 Å². The standard InChI is InChI=1S/C25H20ClN3OS/c1-16-10-11-17(15-19(16)26)21-12-13-22(30-21)24-23(20-9-5-6-14-27-20)28-25(31)29(24)18-7-3-2-4-8-18/h2-15,23-24H,1H3,(H,28,31)/t23-,24+/m0/s1. The van der Waals surface area contributed by atoms with Crippen LogP contribution in [0.2, 0.25) is 5.02 Å². The molecule has 0 radical (unpaired) electrons. The van der Waals surface area contributed by atoms with Gasteiger partial charge in [0.25, 0.3) is 0 Å². The van der Waals surface area contributed by atoms with Crippen LogP contribution in [0.15, 0.2) is 89.5 Å². The van der Waals surface area contributed by atoms with Gasteiger partial charge < -0.3 is 14.6 Å². The minimum atomic E-state index is -0.181. The highest BCUT2D eigenvalue weighted by Gasteiger charge is 2.42. The van der Waals surface area contributed by atoms with E-state index in [0.29, 0.717) is 5.11 Å². The number of furan rings is 1. The molecule has 5 rings (SSSR count). The molecule has 1 aliphatic heterocycles. The van der Waals surface area contributed by atoms with Crippen molar-refractivity contribution in [1.82, 2.24) is 10.3 Å². The van der Waals surface area contributed by atoms with Crippen LogP contribution in [0.1, 0.15) is 29.1 Å². The van der Waals surface area contributed by atoms with Crippen LogP contribution in [0.25, 0.3) is 11.3 Å². The summed E-state index contributed by atoms with van der Waals surface area (Å²) >= 11 is 12.1. The Bertz CT molecular complexity index is 1230. The van der Waals surface area contributed by atoms with Gasteiger partial charge in [0.1, 0.15) is 17.6 Å². The third-order valence-corrected chi connectivity index (χ3v) is 6.23. The number of hydrogen-bond donors (Lipinski definition) is 1. The Hall–Kier alpha value is -3.15. The lowest BCUT2D eigenvalue weighted by molar-refractivity contribution is 0.439. The van der Waals surface area contributed by atoms with Crippen LogP contribution < -0.4 is 10.2 Å². The Morgan fingerprint density at radius 3 is 2.55 bits per heavy atom. The number of halogens is 1. The molecule has 2 aromatic heterocycles. The zero-order chi connectivity index (χ0) is 21.4. The lowest BCUT2D eigenvalue weighted by Crippen LogP contribution is -2.29. The van der Waals surface area contributed by atoms with Gasteiger partial charge in [-0.15, -0.1) is 0 Å². The molecule has 1 saturated heterocycles. The number of nitrogens with one attached hydrogen (secondary N) is 1. The second-order valence-corrected chi connectivity index (χ2v) is 8.29.